The largest absolute Gasteiger partial charge is 0.349 e. The maximum Gasteiger partial charge on any atom is 0.311 e. The molecule has 2 unspecified atom stereocenters. The third-order valence-corrected chi connectivity index (χ3v) is 4.17. The Bertz CT molecular complexity index is 462. The molecule has 0 spiro atoms. The van der Waals surface area contributed by atoms with Gasteiger partial charge in [0, 0.05) is 29.7 Å². The second-order valence-corrected chi connectivity index (χ2v) is 6.67. The zero-order chi connectivity index (χ0) is 13.3. The van der Waals surface area contributed by atoms with Gasteiger partial charge in [0.2, 0.25) is 5.82 Å². The number of anilines is 1. The summed E-state index contributed by atoms with van der Waals surface area (Å²) in [4.78, 5) is 16.7. The lowest BCUT2D eigenvalue weighted by atomic mass is 10.3. The summed E-state index contributed by atoms with van der Waals surface area (Å²) in [6, 6.07) is 2.87. The maximum absolute atomic E-state index is 11.0. The van der Waals surface area contributed by atoms with Crippen molar-refractivity contribution in [1.29, 1.82) is 0 Å². The third-order valence-electron chi connectivity index (χ3n) is 2.74. The zero-order valence-electron chi connectivity index (χ0n) is 10.2. The van der Waals surface area contributed by atoms with E-state index >= 15 is 0 Å². The van der Waals surface area contributed by atoms with Crippen LogP contribution in [0.15, 0.2) is 12.1 Å². The minimum Gasteiger partial charge on any atom is -0.349 e. The average molecular weight is 288 g/mol. The predicted molar refractivity (Wildman–Crippen MR) is 74.6 cm³/mol. The van der Waals surface area contributed by atoms with E-state index in [0.29, 0.717) is 16.3 Å². The molecule has 0 bridgehead atoms. The number of rotatable bonds is 2. The van der Waals surface area contributed by atoms with Gasteiger partial charge in [0.05, 0.1) is 4.92 Å². The molecule has 2 atom stereocenters. The van der Waals surface area contributed by atoms with Crippen molar-refractivity contribution in [3.05, 3.63) is 27.4 Å². The summed E-state index contributed by atoms with van der Waals surface area (Å²) in [5.41, 5.74) is 0.0192. The third kappa shape index (κ3) is 2.87. The molecule has 1 aromatic rings. The Labute approximate surface area is 115 Å². The molecular weight excluding hydrogens is 274 g/mol. The van der Waals surface area contributed by atoms with Gasteiger partial charge in [0.25, 0.3) is 0 Å². The van der Waals surface area contributed by atoms with Crippen LogP contribution in [0.2, 0.25) is 5.15 Å². The molecule has 1 aromatic heterocycles. The van der Waals surface area contributed by atoms with Crippen molar-refractivity contribution in [2.75, 3.05) is 18.0 Å². The quantitative estimate of drug-likeness (QED) is 0.475. The summed E-state index contributed by atoms with van der Waals surface area (Å²) in [5.74, 6) is 0.381. The van der Waals surface area contributed by atoms with Crippen LogP contribution in [-0.4, -0.2) is 33.5 Å². The summed E-state index contributed by atoms with van der Waals surface area (Å²) in [5, 5.41) is 12.2. The SMILES string of the molecule is CC1CN(c2nc(Cl)ccc2[N+](=O)[O-])CC(C)S1. The number of thioether (sulfide) groups is 1. The van der Waals surface area contributed by atoms with Crippen molar-refractivity contribution in [3.63, 3.8) is 0 Å². The molecule has 2 heterocycles. The fourth-order valence-electron chi connectivity index (χ4n) is 2.14. The van der Waals surface area contributed by atoms with Crippen LogP contribution in [0.5, 0.6) is 0 Å². The molecule has 0 aromatic carbocycles. The molecule has 1 fully saturated rings. The molecule has 2 rings (SSSR count). The highest BCUT2D eigenvalue weighted by atomic mass is 35.5. The van der Waals surface area contributed by atoms with Crippen molar-refractivity contribution < 1.29 is 4.92 Å². The first kappa shape index (κ1) is 13.4. The van der Waals surface area contributed by atoms with Crippen molar-refractivity contribution in [2.24, 2.45) is 0 Å². The first-order valence-electron chi connectivity index (χ1n) is 5.68. The first-order valence-corrected chi connectivity index (χ1v) is 7.01. The van der Waals surface area contributed by atoms with E-state index in [4.69, 9.17) is 11.6 Å². The standard InChI is InChI=1S/C11H14ClN3O2S/c1-7-5-14(6-8(2)18-7)11-9(15(16)17)3-4-10(12)13-11/h3-4,7-8H,5-6H2,1-2H3. The van der Waals surface area contributed by atoms with E-state index in [9.17, 15) is 10.1 Å². The number of halogens is 1. The minimum atomic E-state index is -0.407. The second kappa shape index (κ2) is 5.32. The van der Waals surface area contributed by atoms with Gasteiger partial charge < -0.3 is 4.90 Å². The van der Waals surface area contributed by atoms with E-state index in [1.54, 1.807) is 0 Å². The molecule has 1 aliphatic heterocycles. The highest BCUT2D eigenvalue weighted by molar-refractivity contribution is 8.00. The van der Waals surface area contributed by atoms with Crippen LogP contribution >= 0.6 is 23.4 Å². The molecule has 98 valence electrons. The number of hydrogen-bond donors (Lipinski definition) is 0. The van der Waals surface area contributed by atoms with E-state index in [1.807, 2.05) is 16.7 Å². The molecule has 0 radical (unpaired) electrons. The van der Waals surface area contributed by atoms with Gasteiger partial charge in [-0.15, -0.1) is 0 Å². The lowest BCUT2D eigenvalue weighted by molar-refractivity contribution is -0.384. The Morgan fingerprint density at radius 1 is 1.44 bits per heavy atom. The second-order valence-electron chi connectivity index (χ2n) is 4.40. The first-order chi connectivity index (χ1) is 8.47. The van der Waals surface area contributed by atoms with Gasteiger partial charge in [0.1, 0.15) is 5.15 Å². The predicted octanol–water partition coefficient (Wildman–Crippen LogP) is 2.97. The molecule has 5 nitrogen and oxygen atoms in total. The summed E-state index contributed by atoms with van der Waals surface area (Å²) in [6.45, 7) is 5.74. The highest BCUT2D eigenvalue weighted by Crippen LogP contribution is 2.33. The van der Waals surface area contributed by atoms with Gasteiger partial charge in [0.15, 0.2) is 0 Å². The molecule has 1 aliphatic rings. The van der Waals surface area contributed by atoms with Crippen LogP contribution in [0.3, 0.4) is 0 Å². The Balaban J connectivity index is 2.36. The van der Waals surface area contributed by atoms with Crippen LogP contribution in [-0.2, 0) is 0 Å². The van der Waals surface area contributed by atoms with E-state index in [1.165, 1.54) is 12.1 Å². The Morgan fingerprint density at radius 3 is 2.61 bits per heavy atom. The molecule has 0 saturated carbocycles. The Morgan fingerprint density at radius 2 is 2.06 bits per heavy atom. The van der Waals surface area contributed by atoms with E-state index in [-0.39, 0.29) is 10.8 Å². The normalized spacial score (nSPS) is 24.1. The van der Waals surface area contributed by atoms with Crippen LogP contribution < -0.4 is 4.90 Å². The number of aromatic nitrogens is 1. The summed E-state index contributed by atoms with van der Waals surface area (Å²) in [6.07, 6.45) is 0. The minimum absolute atomic E-state index is 0.0192. The highest BCUT2D eigenvalue weighted by Gasteiger charge is 2.28. The molecule has 0 aliphatic carbocycles. The summed E-state index contributed by atoms with van der Waals surface area (Å²) >= 11 is 7.73. The molecule has 18 heavy (non-hydrogen) atoms. The number of pyridine rings is 1. The zero-order valence-corrected chi connectivity index (χ0v) is 11.7. The van der Waals surface area contributed by atoms with E-state index in [0.717, 1.165) is 13.1 Å². The lowest BCUT2D eigenvalue weighted by Gasteiger charge is -2.35. The van der Waals surface area contributed by atoms with E-state index < -0.39 is 4.92 Å². The van der Waals surface area contributed by atoms with Crippen molar-refractivity contribution in [2.45, 2.75) is 24.3 Å². The molecule has 0 N–H and O–H groups in total. The van der Waals surface area contributed by atoms with Gasteiger partial charge in [-0.3, -0.25) is 10.1 Å². The van der Waals surface area contributed by atoms with Crippen LogP contribution in [0.1, 0.15) is 13.8 Å². The summed E-state index contributed by atoms with van der Waals surface area (Å²) in [7, 11) is 0. The number of hydrogen-bond acceptors (Lipinski definition) is 5. The average Bonchev–Trinajstić information content (AvgIpc) is 2.27. The number of nitro groups is 1. The summed E-state index contributed by atoms with van der Waals surface area (Å²) < 4.78 is 0. The van der Waals surface area contributed by atoms with Crippen LogP contribution in [0.4, 0.5) is 11.5 Å². The van der Waals surface area contributed by atoms with Gasteiger partial charge in [-0.05, 0) is 6.07 Å². The van der Waals surface area contributed by atoms with Gasteiger partial charge in [-0.1, -0.05) is 25.4 Å². The number of nitrogens with zero attached hydrogens (tertiary/aromatic N) is 3. The Hall–Kier alpha value is -1.01. The van der Waals surface area contributed by atoms with Crippen molar-refractivity contribution in [1.82, 2.24) is 4.98 Å². The van der Waals surface area contributed by atoms with Gasteiger partial charge in [-0.2, -0.15) is 11.8 Å². The van der Waals surface area contributed by atoms with Crippen LogP contribution in [0, 0.1) is 10.1 Å². The maximum atomic E-state index is 11.0. The van der Waals surface area contributed by atoms with Gasteiger partial charge in [-0.25, -0.2) is 4.98 Å². The fraction of sp³-hybridized carbons (Fsp3) is 0.545. The van der Waals surface area contributed by atoms with Gasteiger partial charge >= 0.3 is 5.69 Å². The topological polar surface area (TPSA) is 59.3 Å². The fourth-order valence-corrected chi connectivity index (χ4v) is 3.61. The molecule has 1 saturated heterocycles. The van der Waals surface area contributed by atoms with Crippen molar-refractivity contribution in [3.8, 4) is 0 Å². The van der Waals surface area contributed by atoms with Crippen LogP contribution in [0.25, 0.3) is 0 Å². The van der Waals surface area contributed by atoms with E-state index in [2.05, 4.69) is 18.8 Å². The smallest absolute Gasteiger partial charge is 0.311 e. The molecule has 7 heteroatoms. The lowest BCUT2D eigenvalue weighted by Crippen LogP contribution is -2.41. The van der Waals surface area contributed by atoms with Crippen molar-refractivity contribution >= 4 is 34.9 Å². The Kier molecular flexibility index (Phi) is 3.97. The molecule has 0 amide bonds. The molecular formula is C11H14ClN3O2S. The monoisotopic (exact) mass is 287 g/mol.